The molecule has 1 nitrogen and oxygen atoms in total. The Kier molecular flexibility index (Phi) is 5.26. The molecule has 0 radical (unpaired) electrons. The summed E-state index contributed by atoms with van der Waals surface area (Å²) in [4.78, 5) is 2.76. The molecule has 2 aliphatic rings. The maximum atomic E-state index is 3.80. The molecule has 0 aromatic carbocycles. The summed E-state index contributed by atoms with van der Waals surface area (Å²) >= 11 is 5.94. The third kappa shape index (κ3) is 3.42. The average molecular weight is 320 g/mol. The first kappa shape index (κ1) is 14.2. The van der Waals surface area contributed by atoms with Crippen LogP contribution in [0.3, 0.4) is 0 Å². The Morgan fingerprint density at radius 2 is 1.94 bits per heavy atom. The lowest BCUT2D eigenvalue weighted by Crippen LogP contribution is -2.50. The molecule has 0 spiro atoms. The fraction of sp³-hybridized carbons (Fsp3) is 1.00. The number of halogens is 1. The summed E-state index contributed by atoms with van der Waals surface area (Å²) in [5.74, 6) is 1.32. The molecule has 0 bridgehead atoms. The van der Waals surface area contributed by atoms with Gasteiger partial charge in [0.25, 0.3) is 0 Å². The Balaban J connectivity index is 1.97. The van der Waals surface area contributed by atoms with Crippen molar-refractivity contribution in [3.8, 4) is 0 Å². The van der Waals surface area contributed by atoms with Gasteiger partial charge in [-0.05, 0) is 25.2 Å². The van der Waals surface area contributed by atoms with Gasteiger partial charge in [-0.3, -0.25) is 4.90 Å². The molecule has 0 aromatic rings. The maximum absolute atomic E-state index is 3.80. The molecule has 2 rings (SSSR count). The third-order valence-corrected chi connectivity index (χ3v) is 7.28. The van der Waals surface area contributed by atoms with E-state index in [2.05, 4.69) is 46.4 Å². The molecule has 2 fully saturated rings. The van der Waals surface area contributed by atoms with Crippen LogP contribution in [-0.4, -0.2) is 40.4 Å². The standard InChI is InChI=1S/C14H26BrNS/c1-12-13(2)17-9-8-16(12)11-14(10-15)6-4-3-5-7-14/h12-13H,3-11H2,1-2H3. The van der Waals surface area contributed by atoms with E-state index < -0.39 is 0 Å². The zero-order valence-corrected chi connectivity index (χ0v) is 13.7. The molecule has 1 saturated carbocycles. The summed E-state index contributed by atoms with van der Waals surface area (Å²) in [5.41, 5.74) is 0.578. The highest BCUT2D eigenvalue weighted by atomic mass is 79.9. The summed E-state index contributed by atoms with van der Waals surface area (Å²) in [5, 5.41) is 2.00. The van der Waals surface area contributed by atoms with Gasteiger partial charge in [0.1, 0.15) is 0 Å². The minimum atomic E-state index is 0.578. The maximum Gasteiger partial charge on any atom is 0.0184 e. The summed E-state index contributed by atoms with van der Waals surface area (Å²) in [7, 11) is 0. The molecule has 0 N–H and O–H groups in total. The molecular formula is C14H26BrNS. The lowest BCUT2D eigenvalue weighted by molar-refractivity contribution is 0.101. The number of nitrogens with zero attached hydrogens (tertiary/aromatic N) is 1. The molecule has 1 heterocycles. The van der Waals surface area contributed by atoms with Gasteiger partial charge >= 0.3 is 0 Å². The van der Waals surface area contributed by atoms with Crippen molar-refractivity contribution in [2.24, 2.45) is 5.41 Å². The van der Waals surface area contributed by atoms with Crippen molar-refractivity contribution in [3.05, 3.63) is 0 Å². The number of alkyl halides is 1. The van der Waals surface area contributed by atoms with Crippen molar-refractivity contribution in [3.63, 3.8) is 0 Å². The van der Waals surface area contributed by atoms with Crippen molar-refractivity contribution in [2.75, 3.05) is 24.2 Å². The first-order chi connectivity index (χ1) is 8.17. The highest BCUT2D eigenvalue weighted by Crippen LogP contribution is 2.40. The number of thioether (sulfide) groups is 1. The van der Waals surface area contributed by atoms with Crippen LogP contribution in [0.2, 0.25) is 0 Å². The second-order valence-corrected chi connectivity index (χ2v) is 8.03. The topological polar surface area (TPSA) is 3.24 Å². The van der Waals surface area contributed by atoms with E-state index in [-0.39, 0.29) is 0 Å². The second kappa shape index (κ2) is 6.29. The molecule has 100 valence electrons. The summed E-state index contributed by atoms with van der Waals surface area (Å²) in [6.07, 6.45) is 7.21. The van der Waals surface area contributed by atoms with E-state index in [1.807, 2.05) is 0 Å². The van der Waals surface area contributed by atoms with Crippen LogP contribution in [0.25, 0.3) is 0 Å². The quantitative estimate of drug-likeness (QED) is 0.719. The minimum absolute atomic E-state index is 0.578. The molecule has 1 aliphatic carbocycles. The molecular weight excluding hydrogens is 294 g/mol. The monoisotopic (exact) mass is 319 g/mol. The van der Waals surface area contributed by atoms with Gasteiger partial charge in [-0.25, -0.2) is 0 Å². The Hall–Kier alpha value is 0.790. The molecule has 1 saturated heterocycles. The van der Waals surface area contributed by atoms with Crippen molar-refractivity contribution < 1.29 is 0 Å². The van der Waals surface area contributed by atoms with E-state index in [1.165, 1.54) is 56.3 Å². The van der Waals surface area contributed by atoms with Crippen molar-refractivity contribution >= 4 is 27.7 Å². The largest absolute Gasteiger partial charge is 0.298 e. The number of hydrogen-bond donors (Lipinski definition) is 0. The van der Waals surface area contributed by atoms with Gasteiger partial charge in [-0.1, -0.05) is 42.1 Å². The lowest BCUT2D eigenvalue weighted by atomic mass is 9.75. The van der Waals surface area contributed by atoms with Crippen LogP contribution in [0, 0.1) is 5.41 Å². The average Bonchev–Trinajstić information content (AvgIpc) is 2.36. The van der Waals surface area contributed by atoms with Crippen LogP contribution in [0.4, 0.5) is 0 Å². The molecule has 2 atom stereocenters. The van der Waals surface area contributed by atoms with E-state index in [0.29, 0.717) is 5.41 Å². The SMILES string of the molecule is CC1SCCN(CC2(CBr)CCCCC2)C1C. The molecule has 1 aliphatic heterocycles. The number of rotatable bonds is 3. The van der Waals surface area contributed by atoms with Crippen LogP contribution in [0.5, 0.6) is 0 Å². The molecule has 17 heavy (non-hydrogen) atoms. The highest BCUT2D eigenvalue weighted by Gasteiger charge is 2.36. The predicted octanol–water partition coefficient (Wildman–Crippen LogP) is 4.16. The minimum Gasteiger partial charge on any atom is -0.298 e. The van der Waals surface area contributed by atoms with E-state index in [0.717, 1.165) is 11.3 Å². The first-order valence-corrected chi connectivity index (χ1v) is 9.25. The smallest absolute Gasteiger partial charge is 0.0184 e. The van der Waals surface area contributed by atoms with Crippen LogP contribution in [0.15, 0.2) is 0 Å². The lowest BCUT2D eigenvalue weighted by Gasteiger charge is -2.45. The van der Waals surface area contributed by atoms with Gasteiger partial charge in [0.15, 0.2) is 0 Å². The summed E-state index contributed by atoms with van der Waals surface area (Å²) in [6.45, 7) is 7.43. The Morgan fingerprint density at radius 3 is 2.59 bits per heavy atom. The molecule has 2 unspecified atom stereocenters. The zero-order chi connectivity index (χ0) is 12.3. The molecule has 3 heteroatoms. The Labute approximate surface area is 119 Å². The van der Waals surface area contributed by atoms with Crippen LogP contribution in [-0.2, 0) is 0 Å². The van der Waals surface area contributed by atoms with Crippen LogP contribution < -0.4 is 0 Å². The van der Waals surface area contributed by atoms with Crippen LogP contribution in [0.1, 0.15) is 46.0 Å². The van der Waals surface area contributed by atoms with Gasteiger partial charge in [-0.2, -0.15) is 11.8 Å². The normalized spacial score (nSPS) is 34.8. The first-order valence-electron chi connectivity index (χ1n) is 7.08. The van der Waals surface area contributed by atoms with Crippen LogP contribution >= 0.6 is 27.7 Å². The zero-order valence-electron chi connectivity index (χ0n) is 11.3. The van der Waals surface area contributed by atoms with Gasteiger partial charge < -0.3 is 0 Å². The fourth-order valence-corrected chi connectivity index (χ4v) is 5.19. The van der Waals surface area contributed by atoms with Gasteiger partial charge in [0, 0.05) is 35.5 Å². The third-order valence-electron chi connectivity index (χ3n) is 4.75. The Bertz CT molecular complexity index is 240. The van der Waals surface area contributed by atoms with E-state index in [1.54, 1.807) is 0 Å². The summed E-state index contributed by atoms with van der Waals surface area (Å²) < 4.78 is 0. The van der Waals surface area contributed by atoms with Crippen molar-refractivity contribution in [1.29, 1.82) is 0 Å². The highest BCUT2D eigenvalue weighted by molar-refractivity contribution is 9.09. The molecule has 0 aromatic heterocycles. The van der Waals surface area contributed by atoms with Gasteiger partial charge in [0.05, 0.1) is 0 Å². The van der Waals surface area contributed by atoms with E-state index >= 15 is 0 Å². The van der Waals surface area contributed by atoms with E-state index in [4.69, 9.17) is 0 Å². The second-order valence-electron chi connectivity index (χ2n) is 5.98. The number of hydrogen-bond acceptors (Lipinski definition) is 2. The predicted molar refractivity (Wildman–Crippen MR) is 82.3 cm³/mol. The Morgan fingerprint density at radius 1 is 1.24 bits per heavy atom. The van der Waals surface area contributed by atoms with Crippen molar-refractivity contribution in [2.45, 2.75) is 57.2 Å². The van der Waals surface area contributed by atoms with Crippen molar-refractivity contribution in [1.82, 2.24) is 4.90 Å². The van der Waals surface area contributed by atoms with E-state index in [9.17, 15) is 0 Å². The van der Waals surface area contributed by atoms with Gasteiger partial charge in [0.2, 0.25) is 0 Å². The molecule has 0 amide bonds. The van der Waals surface area contributed by atoms with Gasteiger partial charge in [-0.15, -0.1) is 0 Å². The fourth-order valence-electron chi connectivity index (χ4n) is 3.29. The summed E-state index contributed by atoms with van der Waals surface area (Å²) in [6, 6.07) is 0.756.